The molecule has 0 atom stereocenters. The number of fused-ring (bicyclic) bond motifs is 1. The quantitative estimate of drug-likeness (QED) is 0.236. The maximum Gasteiger partial charge on any atom is 0.261 e. The molecule has 0 aliphatic rings. The van der Waals surface area contributed by atoms with Crippen LogP contribution in [0.5, 0.6) is 28.7 Å². The highest BCUT2D eigenvalue weighted by atomic mass is 19.1. The molecule has 0 unspecified atom stereocenters. The summed E-state index contributed by atoms with van der Waals surface area (Å²) in [6.07, 6.45) is 3.14. The zero-order chi connectivity index (χ0) is 28.2. The third-order valence-electron chi connectivity index (χ3n) is 6.04. The summed E-state index contributed by atoms with van der Waals surface area (Å²) in [7, 11) is 6.33. The number of amides is 1. The van der Waals surface area contributed by atoms with Gasteiger partial charge in [0.2, 0.25) is 0 Å². The Bertz CT molecular complexity index is 1690. The second kappa shape index (κ2) is 11.2. The van der Waals surface area contributed by atoms with E-state index in [2.05, 4.69) is 20.7 Å². The summed E-state index contributed by atoms with van der Waals surface area (Å²) in [6.45, 7) is 0. The van der Waals surface area contributed by atoms with E-state index in [0.717, 1.165) is 0 Å². The molecule has 0 bridgehead atoms. The van der Waals surface area contributed by atoms with Crippen molar-refractivity contribution in [3.05, 3.63) is 84.4 Å². The van der Waals surface area contributed by atoms with Gasteiger partial charge in [-0.2, -0.15) is 5.10 Å². The van der Waals surface area contributed by atoms with Gasteiger partial charge in [0.25, 0.3) is 5.91 Å². The normalized spacial score (nSPS) is 10.7. The number of benzene rings is 3. The van der Waals surface area contributed by atoms with Crippen LogP contribution in [0.1, 0.15) is 10.4 Å². The maximum absolute atomic E-state index is 15.2. The average Bonchev–Trinajstić information content (AvgIpc) is 3.34. The van der Waals surface area contributed by atoms with Crippen molar-refractivity contribution in [1.82, 2.24) is 14.8 Å². The van der Waals surface area contributed by atoms with Crippen molar-refractivity contribution >= 4 is 34.0 Å². The van der Waals surface area contributed by atoms with Crippen LogP contribution in [0.2, 0.25) is 0 Å². The Morgan fingerprint density at radius 2 is 1.57 bits per heavy atom. The molecule has 0 radical (unpaired) electrons. The highest BCUT2D eigenvalue weighted by Gasteiger charge is 2.18. The molecule has 0 spiro atoms. The molecular formula is C29H26FN5O5. The molecule has 0 aliphatic heterocycles. The smallest absolute Gasteiger partial charge is 0.261 e. The van der Waals surface area contributed by atoms with Gasteiger partial charge in [0.15, 0.2) is 28.9 Å². The van der Waals surface area contributed by atoms with E-state index < -0.39 is 5.82 Å². The van der Waals surface area contributed by atoms with E-state index in [0.29, 0.717) is 45.3 Å². The van der Waals surface area contributed by atoms with E-state index in [1.165, 1.54) is 31.0 Å². The summed E-state index contributed by atoms with van der Waals surface area (Å²) in [5.74, 6) is 1.37. The molecule has 2 N–H and O–H groups in total. The van der Waals surface area contributed by atoms with Gasteiger partial charge in [0.05, 0.1) is 26.8 Å². The van der Waals surface area contributed by atoms with Gasteiger partial charge in [-0.15, -0.1) is 0 Å². The van der Waals surface area contributed by atoms with Gasteiger partial charge in [-0.1, -0.05) is 0 Å². The van der Waals surface area contributed by atoms with Crippen LogP contribution in [-0.2, 0) is 7.05 Å². The number of ether oxygens (including phenoxy) is 4. The molecule has 0 fully saturated rings. The Hall–Kier alpha value is -5.32. The van der Waals surface area contributed by atoms with Gasteiger partial charge in [0.1, 0.15) is 17.1 Å². The molecule has 2 aromatic heterocycles. The van der Waals surface area contributed by atoms with Crippen LogP contribution < -0.4 is 29.6 Å². The highest BCUT2D eigenvalue weighted by molar-refractivity contribution is 6.07. The fourth-order valence-electron chi connectivity index (χ4n) is 4.07. The minimum Gasteiger partial charge on any atom is -0.497 e. The molecule has 2 heterocycles. The van der Waals surface area contributed by atoms with Gasteiger partial charge in [0, 0.05) is 48.3 Å². The number of carbonyl (C=O) groups is 1. The molecule has 5 aromatic rings. The number of aromatic nitrogens is 3. The lowest BCUT2D eigenvalue weighted by atomic mass is 10.1. The van der Waals surface area contributed by atoms with Crippen LogP contribution >= 0.6 is 0 Å². The Balaban J connectivity index is 1.35. The Labute approximate surface area is 229 Å². The summed E-state index contributed by atoms with van der Waals surface area (Å²) in [6, 6.07) is 16.4. The average molecular weight is 544 g/mol. The van der Waals surface area contributed by atoms with E-state index in [-0.39, 0.29) is 23.0 Å². The first-order valence-corrected chi connectivity index (χ1v) is 12.1. The van der Waals surface area contributed by atoms with Crippen molar-refractivity contribution in [2.24, 2.45) is 7.05 Å². The number of nitrogens with one attached hydrogen (secondary N) is 2. The van der Waals surface area contributed by atoms with Crippen LogP contribution in [0.4, 0.5) is 21.6 Å². The Morgan fingerprint density at radius 3 is 2.27 bits per heavy atom. The molecule has 0 saturated carbocycles. The molecular weight excluding hydrogens is 517 g/mol. The fraction of sp³-hybridized carbons (Fsp3) is 0.138. The standard InChI is InChI=1S/C29H26FN5O5/c1-35-16-21(29(36)33-17-5-8-19(37-2)9-6-17)28(34-35)32-18-7-10-25(22(30)13-18)40-24-11-12-31-23-15-27(39-4)26(38-3)14-20(23)24/h5-16H,1-4H3,(H,32,34)(H,33,36). The van der Waals surface area contributed by atoms with E-state index >= 15 is 4.39 Å². The Morgan fingerprint density at radius 1 is 0.850 bits per heavy atom. The summed E-state index contributed by atoms with van der Waals surface area (Å²) >= 11 is 0. The molecule has 1 amide bonds. The SMILES string of the molecule is COc1ccc(NC(=O)c2cn(C)nc2Nc2ccc(Oc3ccnc4cc(OC)c(OC)cc34)c(F)c2)cc1. The second-order valence-corrected chi connectivity index (χ2v) is 8.65. The molecule has 0 aliphatic carbocycles. The van der Waals surface area contributed by atoms with Gasteiger partial charge >= 0.3 is 0 Å². The van der Waals surface area contributed by atoms with Crippen molar-refractivity contribution in [1.29, 1.82) is 0 Å². The van der Waals surface area contributed by atoms with Crippen LogP contribution in [0.25, 0.3) is 10.9 Å². The first-order valence-electron chi connectivity index (χ1n) is 12.1. The van der Waals surface area contributed by atoms with Crippen molar-refractivity contribution in [3.8, 4) is 28.7 Å². The topological polar surface area (TPSA) is 109 Å². The first kappa shape index (κ1) is 26.3. The number of aryl methyl sites for hydroxylation is 1. The maximum atomic E-state index is 15.2. The molecule has 40 heavy (non-hydrogen) atoms. The number of hydrogen-bond donors (Lipinski definition) is 2. The minimum absolute atomic E-state index is 0.00586. The predicted molar refractivity (Wildman–Crippen MR) is 149 cm³/mol. The fourth-order valence-corrected chi connectivity index (χ4v) is 4.07. The highest BCUT2D eigenvalue weighted by Crippen LogP contribution is 2.37. The van der Waals surface area contributed by atoms with Crippen molar-refractivity contribution in [2.75, 3.05) is 32.0 Å². The van der Waals surface area contributed by atoms with E-state index in [9.17, 15) is 4.79 Å². The van der Waals surface area contributed by atoms with Crippen LogP contribution in [0, 0.1) is 5.82 Å². The van der Waals surface area contributed by atoms with Crippen molar-refractivity contribution < 1.29 is 28.1 Å². The largest absolute Gasteiger partial charge is 0.497 e. The lowest BCUT2D eigenvalue weighted by Crippen LogP contribution is -2.13. The molecule has 11 heteroatoms. The van der Waals surface area contributed by atoms with Gasteiger partial charge < -0.3 is 29.6 Å². The number of methoxy groups -OCH3 is 3. The lowest BCUT2D eigenvalue weighted by molar-refractivity contribution is 0.102. The molecule has 0 saturated heterocycles. The summed E-state index contributed by atoms with van der Waals surface area (Å²) in [5, 5.41) is 10.8. The van der Waals surface area contributed by atoms with E-state index in [1.807, 2.05) is 0 Å². The Kier molecular flexibility index (Phi) is 7.36. The first-order chi connectivity index (χ1) is 19.4. The van der Waals surface area contributed by atoms with Crippen LogP contribution in [0.3, 0.4) is 0 Å². The zero-order valence-electron chi connectivity index (χ0n) is 22.2. The van der Waals surface area contributed by atoms with Crippen LogP contribution in [0.15, 0.2) is 73.1 Å². The number of rotatable bonds is 9. The molecule has 3 aromatic carbocycles. The number of nitrogens with zero attached hydrogens (tertiary/aromatic N) is 3. The molecule has 204 valence electrons. The predicted octanol–water partition coefficient (Wildman–Crippen LogP) is 5.92. The summed E-state index contributed by atoms with van der Waals surface area (Å²) in [5.41, 5.74) is 1.86. The molecule has 10 nitrogen and oxygen atoms in total. The monoisotopic (exact) mass is 543 g/mol. The summed E-state index contributed by atoms with van der Waals surface area (Å²) < 4.78 is 38.5. The molecule has 5 rings (SSSR count). The minimum atomic E-state index is -0.615. The lowest BCUT2D eigenvalue weighted by Gasteiger charge is -2.13. The van der Waals surface area contributed by atoms with E-state index in [4.69, 9.17) is 18.9 Å². The second-order valence-electron chi connectivity index (χ2n) is 8.65. The third-order valence-corrected chi connectivity index (χ3v) is 6.04. The zero-order valence-corrected chi connectivity index (χ0v) is 22.2. The van der Waals surface area contributed by atoms with Gasteiger partial charge in [-0.25, -0.2) is 4.39 Å². The number of anilines is 3. The summed E-state index contributed by atoms with van der Waals surface area (Å²) in [4.78, 5) is 17.3. The number of halogens is 1. The van der Waals surface area contributed by atoms with Crippen LogP contribution in [-0.4, -0.2) is 42.0 Å². The van der Waals surface area contributed by atoms with Crippen molar-refractivity contribution in [2.45, 2.75) is 0 Å². The number of carbonyl (C=O) groups excluding carboxylic acids is 1. The number of hydrogen-bond acceptors (Lipinski definition) is 8. The van der Waals surface area contributed by atoms with Crippen molar-refractivity contribution in [3.63, 3.8) is 0 Å². The van der Waals surface area contributed by atoms with E-state index in [1.54, 1.807) is 75.1 Å². The number of pyridine rings is 1. The third kappa shape index (κ3) is 5.44. The van der Waals surface area contributed by atoms with Gasteiger partial charge in [-0.05, 0) is 48.5 Å². The van der Waals surface area contributed by atoms with Gasteiger partial charge in [-0.3, -0.25) is 14.5 Å².